The number of ether oxygens (including phenoxy) is 1. The van der Waals surface area contributed by atoms with Crippen molar-refractivity contribution in [2.24, 2.45) is 11.8 Å². The van der Waals surface area contributed by atoms with Gasteiger partial charge in [0.05, 0.1) is 25.0 Å². The predicted molar refractivity (Wildman–Crippen MR) is 68.7 cm³/mol. The van der Waals surface area contributed by atoms with Crippen molar-refractivity contribution in [2.75, 3.05) is 26.2 Å². The van der Waals surface area contributed by atoms with E-state index in [9.17, 15) is 9.59 Å². The number of carbonyl (C=O) groups is 2. The van der Waals surface area contributed by atoms with Crippen molar-refractivity contribution in [3.8, 4) is 0 Å². The molecule has 6 heteroatoms. The Bertz CT molecular complexity index is 329. The summed E-state index contributed by atoms with van der Waals surface area (Å²) in [5.74, 6) is -1.01. The zero-order valence-electron chi connectivity index (χ0n) is 11.1. The van der Waals surface area contributed by atoms with Crippen LogP contribution in [0.4, 0.5) is 0 Å². The van der Waals surface area contributed by atoms with Crippen LogP contribution in [0.1, 0.15) is 25.7 Å². The van der Waals surface area contributed by atoms with Crippen LogP contribution in [-0.4, -0.2) is 49.3 Å². The van der Waals surface area contributed by atoms with Gasteiger partial charge in [-0.2, -0.15) is 0 Å². The molecular formula is C13H22N2O4. The highest BCUT2D eigenvalue weighted by atomic mass is 16.5. The van der Waals surface area contributed by atoms with Crippen molar-refractivity contribution in [1.29, 1.82) is 0 Å². The molecule has 0 aromatic heterocycles. The minimum Gasteiger partial charge on any atom is -0.481 e. The largest absolute Gasteiger partial charge is 0.481 e. The minimum atomic E-state index is -0.739. The van der Waals surface area contributed by atoms with Crippen LogP contribution in [0.15, 0.2) is 0 Å². The van der Waals surface area contributed by atoms with Crippen molar-refractivity contribution in [3.05, 3.63) is 0 Å². The van der Waals surface area contributed by atoms with Crippen molar-refractivity contribution in [3.63, 3.8) is 0 Å². The van der Waals surface area contributed by atoms with Crippen LogP contribution in [0, 0.1) is 11.8 Å². The van der Waals surface area contributed by atoms with E-state index in [0.717, 1.165) is 25.8 Å². The van der Waals surface area contributed by atoms with Gasteiger partial charge >= 0.3 is 5.97 Å². The quantitative estimate of drug-likeness (QED) is 0.653. The number of rotatable bonds is 5. The van der Waals surface area contributed by atoms with Gasteiger partial charge in [-0.3, -0.25) is 9.59 Å². The molecule has 3 unspecified atom stereocenters. The molecule has 6 nitrogen and oxygen atoms in total. The van der Waals surface area contributed by atoms with Gasteiger partial charge in [-0.05, 0) is 18.8 Å². The summed E-state index contributed by atoms with van der Waals surface area (Å²) < 4.78 is 5.46. The highest BCUT2D eigenvalue weighted by Gasteiger charge is 2.33. The Morgan fingerprint density at radius 2 is 2.21 bits per heavy atom. The zero-order valence-corrected chi connectivity index (χ0v) is 11.1. The Balaban J connectivity index is 1.69. The molecule has 1 aliphatic heterocycles. The van der Waals surface area contributed by atoms with Crippen molar-refractivity contribution >= 4 is 11.9 Å². The van der Waals surface area contributed by atoms with Crippen LogP contribution < -0.4 is 10.6 Å². The molecular weight excluding hydrogens is 248 g/mol. The SMILES string of the molecule is O=C(CC1CNCCO1)NCC1CCCC1C(=O)O. The first kappa shape index (κ1) is 14.3. The zero-order chi connectivity index (χ0) is 13.7. The molecule has 1 saturated heterocycles. The number of hydrogen-bond acceptors (Lipinski definition) is 4. The second-order valence-electron chi connectivity index (χ2n) is 5.34. The number of nitrogens with one attached hydrogen (secondary N) is 2. The maximum absolute atomic E-state index is 11.8. The lowest BCUT2D eigenvalue weighted by atomic mass is 9.96. The topological polar surface area (TPSA) is 87.7 Å². The average Bonchev–Trinajstić information content (AvgIpc) is 2.86. The Morgan fingerprint density at radius 3 is 2.89 bits per heavy atom. The van der Waals surface area contributed by atoms with Crippen LogP contribution in [-0.2, 0) is 14.3 Å². The van der Waals surface area contributed by atoms with Crippen LogP contribution >= 0.6 is 0 Å². The third-order valence-corrected chi connectivity index (χ3v) is 3.96. The highest BCUT2D eigenvalue weighted by Crippen LogP contribution is 2.31. The third-order valence-electron chi connectivity index (χ3n) is 3.96. The molecule has 1 saturated carbocycles. The molecule has 0 bridgehead atoms. The fraction of sp³-hybridized carbons (Fsp3) is 0.846. The van der Waals surface area contributed by atoms with E-state index in [-0.39, 0.29) is 23.8 Å². The van der Waals surface area contributed by atoms with Crippen LogP contribution in [0.5, 0.6) is 0 Å². The van der Waals surface area contributed by atoms with Gasteiger partial charge in [0.2, 0.25) is 5.91 Å². The molecule has 1 aliphatic carbocycles. The van der Waals surface area contributed by atoms with E-state index in [1.807, 2.05) is 0 Å². The second-order valence-corrected chi connectivity index (χ2v) is 5.34. The predicted octanol–water partition coefficient (Wildman–Crippen LogP) is -0.0180. The van der Waals surface area contributed by atoms with E-state index < -0.39 is 5.97 Å². The molecule has 1 heterocycles. The van der Waals surface area contributed by atoms with Crippen molar-refractivity contribution in [2.45, 2.75) is 31.8 Å². The van der Waals surface area contributed by atoms with Gasteiger partial charge < -0.3 is 20.5 Å². The molecule has 2 fully saturated rings. The van der Waals surface area contributed by atoms with E-state index >= 15 is 0 Å². The molecule has 3 N–H and O–H groups in total. The summed E-state index contributed by atoms with van der Waals surface area (Å²) in [4.78, 5) is 22.8. The van der Waals surface area contributed by atoms with Crippen LogP contribution in [0.2, 0.25) is 0 Å². The summed E-state index contributed by atoms with van der Waals surface area (Å²) in [7, 11) is 0. The normalized spacial score (nSPS) is 31.1. The van der Waals surface area contributed by atoms with E-state index in [1.54, 1.807) is 0 Å². The molecule has 0 radical (unpaired) electrons. The molecule has 0 aromatic rings. The summed E-state index contributed by atoms with van der Waals surface area (Å²) in [6, 6.07) is 0. The monoisotopic (exact) mass is 270 g/mol. The van der Waals surface area contributed by atoms with Gasteiger partial charge in [0.15, 0.2) is 0 Å². The highest BCUT2D eigenvalue weighted by molar-refractivity contribution is 5.76. The van der Waals surface area contributed by atoms with Crippen molar-refractivity contribution < 1.29 is 19.4 Å². The molecule has 1 amide bonds. The Hall–Kier alpha value is -1.14. The third kappa shape index (κ3) is 4.18. The van der Waals surface area contributed by atoms with Gasteiger partial charge in [-0.25, -0.2) is 0 Å². The smallest absolute Gasteiger partial charge is 0.306 e. The summed E-state index contributed by atoms with van der Waals surface area (Å²) in [6.07, 6.45) is 2.84. The molecule has 3 atom stereocenters. The van der Waals surface area contributed by atoms with Gasteiger partial charge in [-0.1, -0.05) is 6.42 Å². The number of hydrogen-bond donors (Lipinski definition) is 3. The molecule has 0 spiro atoms. The summed E-state index contributed by atoms with van der Waals surface area (Å²) in [6.45, 7) is 2.65. The van der Waals surface area contributed by atoms with Crippen LogP contribution in [0.25, 0.3) is 0 Å². The Morgan fingerprint density at radius 1 is 1.37 bits per heavy atom. The second kappa shape index (κ2) is 6.86. The maximum Gasteiger partial charge on any atom is 0.306 e. The van der Waals surface area contributed by atoms with E-state index in [1.165, 1.54) is 0 Å². The van der Waals surface area contributed by atoms with Crippen LogP contribution in [0.3, 0.4) is 0 Å². The lowest BCUT2D eigenvalue weighted by molar-refractivity contribution is -0.143. The summed E-state index contributed by atoms with van der Waals surface area (Å²) in [5.41, 5.74) is 0. The minimum absolute atomic E-state index is 0.0512. The standard InChI is InChI=1S/C13H22N2O4/c16-12(6-10-8-14-4-5-19-10)15-7-9-2-1-3-11(9)13(17)18/h9-11,14H,1-8H2,(H,15,16)(H,17,18). The fourth-order valence-corrected chi connectivity index (χ4v) is 2.88. The van der Waals surface area contributed by atoms with Gasteiger partial charge in [0.25, 0.3) is 0 Å². The number of carbonyl (C=O) groups excluding carboxylic acids is 1. The average molecular weight is 270 g/mol. The molecule has 2 rings (SSSR count). The molecule has 0 aromatic carbocycles. The first-order valence-corrected chi connectivity index (χ1v) is 6.98. The first-order chi connectivity index (χ1) is 9.16. The number of aliphatic carboxylic acids is 1. The van der Waals surface area contributed by atoms with Crippen molar-refractivity contribution in [1.82, 2.24) is 10.6 Å². The Kier molecular flexibility index (Phi) is 5.15. The maximum atomic E-state index is 11.8. The lowest BCUT2D eigenvalue weighted by Gasteiger charge is -2.23. The molecule has 19 heavy (non-hydrogen) atoms. The number of carboxylic acids is 1. The Labute approximate surface area is 112 Å². The summed E-state index contributed by atoms with van der Waals surface area (Å²) in [5, 5.41) is 15.1. The lowest BCUT2D eigenvalue weighted by Crippen LogP contribution is -2.42. The van der Waals surface area contributed by atoms with E-state index in [2.05, 4.69) is 10.6 Å². The van der Waals surface area contributed by atoms with Gasteiger partial charge in [-0.15, -0.1) is 0 Å². The molecule has 108 valence electrons. The summed E-state index contributed by atoms with van der Waals surface area (Å²) >= 11 is 0. The number of carboxylic acid groups (broad SMARTS) is 1. The number of amides is 1. The van der Waals surface area contributed by atoms with E-state index in [4.69, 9.17) is 9.84 Å². The molecule has 2 aliphatic rings. The van der Waals surface area contributed by atoms with E-state index in [0.29, 0.717) is 26.1 Å². The van der Waals surface area contributed by atoms with Gasteiger partial charge in [0, 0.05) is 19.6 Å². The number of morpholine rings is 1. The fourth-order valence-electron chi connectivity index (χ4n) is 2.88. The first-order valence-electron chi connectivity index (χ1n) is 6.98. The van der Waals surface area contributed by atoms with Gasteiger partial charge in [0.1, 0.15) is 0 Å².